The van der Waals surface area contributed by atoms with Gasteiger partial charge in [0, 0.05) is 24.7 Å². The Bertz CT molecular complexity index is 848. The van der Waals surface area contributed by atoms with Crippen LogP contribution in [-0.2, 0) is 9.59 Å². The number of thioether (sulfide) groups is 1. The summed E-state index contributed by atoms with van der Waals surface area (Å²) < 4.78 is 15.9. The van der Waals surface area contributed by atoms with Crippen LogP contribution in [0.15, 0.2) is 17.0 Å². The van der Waals surface area contributed by atoms with Gasteiger partial charge < -0.3 is 19.1 Å². The molecule has 8 nitrogen and oxygen atoms in total. The molecule has 0 bridgehead atoms. The molecule has 2 saturated heterocycles. The van der Waals surface area contributed by atoms with Crippen LogP contribution in [-0.4, -0.2) is 67.8 Å². The van der Waals surface area contributed by atoms with E-state index in [1.165, 1.54) is 21.3 Å². The SMILES string of the molecule is COc1cc(OC)c(OC)cc1/C=C1\SC(=O)N(CC(=O)N2CCCCC2)C1=O. The number of likely N-dealkylation sites (tertiary alicyclic amines) is 1. The van der Waals surface area contributed by atoms with Gasteiger partial charge in [-0.25, -0.2) is 0 Å². The number of benzene rings is 1. The van der Waals surface area contributed by atoms with Crippen molar-refractivity contribution in [3.8, 4) is 17.2 Å². The summed E-state index contributed by atoms with van der Waals surface area (Å²) in [7, 11) is 4.53. The van der Waals surface area contributed by atoms with Gasteiger partial charge in [0.2, 0.25) is 5.91 Å². The maximum atomic E-state index is 12.8. The fraction of sp³-hybridized carbons (Fsp3) is 0.450. The van der Waals surface area contributed by atoms with Gasteiger partial charge in [0.15, 0.2) is 11.5 Å². The second-order valence-electron chi connectivity index (χ2n) is 6.66. The number of nitrogens with zero attached hydrogens (tertiary/aromatic N) is 2. The van der Waals surface area contributed by atoms with E-state index >= 15 is 0 Å². The van der Waals surface area contributed by atoms with Crippen LogP contribution in [0.25, 0.3) is 6.08 Å². The summed E-state index contributed by atoms with van der Waals surface area (Å²) in [4.78, 5) is 40.5. The number of carbonyl (C=O) groups excluding carboxylic acids is 3. The molecule has 0 spiro atoms. The molecule has 2 fully saturated rings. The molecule has 2 aliphatic rings. The lowest BCUT2D eigenvalue weighted by Gasteiger charge is -2.27. The minimum Gasteiger partial charge on any atom is -0.496 e. The molecule has 3 amide bonds. The zero-order valence-corrected chi connectivity index (χ0v) is 17.5. The molecule has 3 rings (SSSR count). The largest absolute Gasteiger partial charge is 0.496 e. The quantitative estimate of drug-likeness (QED) is 0.654. The lowest BCUT2D eigenvalue weighted by Crippen LogP contribution is -2.44. The molecule has 0 radical (unpaired) electrons. The van der Waals surface area contributed by atoms with Crippen LogP contribution >= 0.6 is 11.8 Å². The highest BCUT2D eigenvalue weighted by Crippen LogP contribution is 2.38. The molecule has 0 atom stereocenters. The first-order valence-electron chi connectivity index (χ1n) is 9.31. The fourth-order valence-corrected chi connectivity index (χ4v) is 4.15. The third kappa shape index (κ3) is 4.50. The first-order chi connectivity index (χ1) is 14.0. The van der Waals surface area contributed by atoms with Crippen molar-refractivity contribution in [1.29, 1.82) is 0 Å². The normalized spacial score (nSPS) is 18.4. The van der Waals surface area contributed by atoms with Crippen molar-refractivity contribution < 1.29 is 28.6 Å². The molecular weight excluding hydrogens is 396 g/mol. The topological polar surface area (TPSA) is 85.4 Å². The second-order valence-corrected chi connectivity index (χ2v) is 7.65. The van der Waals surface area contributed by atoms with Crippen molar-refractivity contribution in [3.63, 3.8) is 0 Å². The summed E-state index contributed by atoms with van der Waals surface area (Å²) in [6.07, 6.45) is 4.57. The van der Waals surface area contributed by atoms with Crippen LogP contribution in [0.4, 0.5) is 4.79 Å². The summed E-state index contributed by atoms with van der Waals surface area (Å²) in [5.74, 6) is 0.749. The van der Waals surface area contributed by atoms with Gasteiger partial charge in [-0.15, -0.1) is 0 Å². The molecule has 1 aromatic rings. The monoisotopic (exact) mass is 420 g/mol. The second kappa shape index (κ2) is 9.21. The summed E-state index contributed by atoms with van der Waals surface area (Å²) in [6, 6.07) is 3.32. The number of hydrogen-bond acceptors (Lipinski definition) is 7. The highest BCUT2D eigenvalue weighted by atomic mass is 32.2. The third-order valence-corrected chi connectivity index (χ3v) is 5.81. The van der Waals surface area contributed by atoms with Crippen molar-refractivity contribution >= 4 is 34.9 Å². The van der Waals surface area contributed by atoms with Crippen molar-refractivity contribution in [1.82, 2.24) is 9.80 Å². The Morgan fingerprint density at radius 1 is 1.00 bits per heavy atom. The number of hydrogen-bond donors (Lipinski definition) is 0. The Hall–Kier alpha value is -2.68. The molecule has 156 valence electrons. The molecule has 0 unspecified atom stereocenters. The van der Waals surface area contributed by atoms with E-state index in [4.69, 9.17) is 14.2 Å². The highest BCUT2D eigenvalue weighted by molar-refractivity contribution is 8.18. The molecule has 0 aliphatic carbocycles. The summed E-state index contributed by atoms with van der Waals surface area (Å²) in [6.45, 7) is 1.12. The van der Waals surface area contributed by atoms with E-state index in [1.807, 2.05) is 0 Å². The minimum atomic E-state index is -0.484. The molecule has 29 heavy (non-hydrogen) atoms. The van der Waals surface area contributed by atoms with E-state index in [1.54, 1.807) is 23.1 Å². The van der Waals surface area contributed by atoms with Gasteiger partial charge in [0.05, 0.1) is 26.2 Å². The summed E-state index contributed by atoms with van der Waals surface area (Å²) in [5.41, 5.74) is 0.568. The Labute approximate surface area is 173 Å². The Kier molecular flexibility index (Phi) is 6.68. The van der Waals surface area contributed by atoms with Crippen molar-refractivity contribution in [2.45, 2.75) is 19.3 Å². The lowest BCUT2D eigenvalue weighted by molar-refractivity contribution is -0.136. The molecule has 0 aromatic heterocycles. The Balaban J connectivity index is 1.81. The predicted molar refractivity (Wildman–Crippen MR) is 109 cm³/mol. The fourth-order valence-electron chi connectivity index (χ4n) is 3.32. The van der Waals surface area contributed by atoms with E-state index in [9.17, 15) is 14.4 Å². The third-order valence-electron chi connectivity index (χ3n) is 4.90. The first kappa shape index (κ1) is 21.0. The standard InChI is InChI=1S/C20H24N2O6S/c1-26-14-11-16(28-3)15(27-2)9-13(14)10-17-19(24)22(20(25)29-17)12-18(23)21-7-5-4-6-8-21/h9-11H,4-8,12H2,1-3H3/b17-10-. The minimum absolute atomic E-state index is 0.197. The molecule has 0 saturated carbocycles. The predicted octanol–water partition coefficient (Wildman–Crippen LogP) is 2.76. The molecule has 2 heterocycles. The van der Waals surface area contributed by atoms with E-state index in [-0.39, 0.29) is 17.4 Å². The van der Waals surface area contributed by atoms with Crippen molar-refractivity contribution in [2.24, 2.45) is 0 Å². The number of carbonyl (C=O) groups is 3. The van der Waals surface area contributed by atoms with Crippen LogP contribution in [0.5, 0.6) is 17.2 Å². The van der Waals surface area contributed by atoms with E-state index in [0.717, 1.165) is 35.9 Å². The maximum absolute atomic E-state index is 12.8. The van der Waals surface area contributed by atoms with Gasteiger partial charge in [-0.3, -0.25) is 19.3 Å². The van der Waals surface area contributed by atoms with Crippen LogP contribution in [0.2, 0.25) is 0 Å². The maximum Gasteiger partial charge on any atom is 0.294 e. The van der Waals surface area contributed by atoms with Gasteiger partial charge in [0.25, 0.3) is 11.1 Å². The van der Waals surface area contributed by atoms with Gasteiger partial charge >= 0.3 is 0 Å². The zero-order chi connectivity index (χ0) is 21.0. The van der Waals surface area contributed by atoms with Gasteiger partial charge in [0.1, 0.15) is 12.3 Å². The number of amides is 3. The average Bonchev–Trinajstić information content (AvgIpc) is 3.01. The Morgan fingerprint density at radius 3 is 2.24 bits per heavy atom. The molecule has 2 aliphatic heterocycles. The van der Waals surface area contributed by atoms with E-state index < -0.39 is 11.1 Å². The Morgan fingerprint density at radius 2 is 1.62 bits per heavy atom. The average molecular weight is 420 g/mol. The van der Waals surface area contributed by atoms with Gasteiger partial charge in [-0.2, -0.15) is 0 Å². The van der Waals surface area contributed by atoms with E-state index in [2.05, 4.69) is 0 Å². The molecular formula is C20H24N2O6S. The van der Waals surface area contributed by atoms with Crippen LogP contribution in [0.3, 0.4) is 0 Å². The van der Waals surface area contributed by atoms with Crippen LogP contribution in [0.1, 0.15) is 24.8 Å². The molecule has 0 N–H and O–H groups in total. The lowest BCUT2D eigenvalue weighted by atomic mass is 10.1. The van der Waals surface area contributed by atoms with Crippen LogP contribution in [0, 0.1) is 0 Å². The van der Waals surface area contributed by atoms with Crippen LogP contribution < -0.4 is 14.2 Å². The van der Waals surface area contributed by atoms with Crippen molar-refractivity contribution in [3.05, 3.63) is 22.6 Å². The number of imide groups is 1. The first-order valence-corrected chi connectivity index (χ1v) is 10.1. The number of piperidine rings is 1. The highest BCUT2D eigenvalue weighted by Gasteiger charge is 2.37. The molecule has 9 heteroatoms. The van der Waals surface area contributed by atoms with Crippen molar-refractivity contribution in [2.75, 3.05) is 41.0 Å². The summed E-state index contributed by atoms with van der Waals surface area (Å²) in [5, 5.41) is -0.453. The number of methoxy groups -OCH3 is 3. The number of ether oxygens (including phenoxy) is 3. The number of rotatable bonds is 6. The van der Waals surface area contributed by atoms with E-state index in [0.29, 0.717) is 35.9 Å². The smallest absolute Gasteiger partial charge is 0.294 e. The molecule has 1 aromatic carbocycles. The zero-order valence-electron chi connectivity index (χ0n) is 16.7. The summed E-state index contributed by atoms with van der Waals surface area (Å²) >= 11 is 0.808. The van der Waals surface area contributed by atoms with Gasteiger partial charge in [-0.1, -0.05) is 0 Å². The van der Waals surface area contributed by atoms with Gasteiger partial charge in [-0.05, 0) is 43.2 Å².